The van der Waals surface area contributed by atoms with Crippen LogP contribution in [0.5, 0.6) is 0 Å². The van der Waals surface area contributed by atoms with E-state index in [1.54, 1.807) is 12.1 Å². The van der Waals surface area contributed by atoms with Crippen molar-refractivity contribution < 1.29 is 9.59 Å². The second kappa shape index (κ2) is 6.02. The monoisotopic (exact) mass is 294 g/mol. The molecule has 3 aromatic rings. The van der Waals surface area contributed by atoms with Crippen molar-refractivity contribution in [2.45, 2.75) is 12.8 Å². The van der Waals surface area contributed by atoms with Gasteiger partial charge < -0.3 is 0 Å². The minimum atomic E-state index is 0.0186. The summed E-state index contributed by atoms with van der Waals surface area (Å²) < 4.78 is 1.11. The maximum absolute atomic E-state index is 12.2. The molecule has 0 bridgehead atoms. The molecule has 1 aromatic heterocycles. The Morgan fingerprint density at radius 2 is 1.48 bits per heavy atom. The molecule has 0 saturated heterocycles. The molecule has 2 aromatic carbocycles. The normalized spacial score (nSPS) is 10.7. The van der Waals surface area contributed by atoms with E-state index in [1.165, 1.54) is 11.3 Å². The van der Waals surface area contributed by atoms with E-state index in [9.17, 15) is 9.59 Å². The van der Waals surface area contributed by atoms with Crippen LogP contribution >= 0.6 is 11.3 Å². The van der Waals surface area contributed by atoms with E-state index in [0.717, 1.165) is 15.0 Å². The number of thiophene rings is 1. The molecule has 0 N–H and O–H groups in total. The molecule has 0 aliphatic rings. The Balaban J connectivity index is 1.68. The number of rotatable bonds is 5. The molecule has 0 amide bonds. The SMILES string of the molecule is O=C(CCC(=O)c1cc2ccccc2s1)c1ccccc1. The number of fused-ring (bicyclic) bond motifs is 1. The first-order valence-electron chi connectivity index (χ1n) is 6.84. The molecule has 0 radical (unpaired) electrons. The maximum Gasteiger partial charge on any atom is 0.173 e. The summed E-state index contributed by atoms with van der Waals surface area (Å²) in [5.74, 6) is 0.0607. The minimum absolute atomic E-state index is 0.0186. The van der Waals surface area contributed by atoms with Crippen molar-refractivity contribution in [3.05, 3.63) is 71.1 Å². The molecule has 1 heterocycles. The number of carbonyl (C=O) groups excluding carboxylic acids is 2. The highest BCUT2D eigenvalue weighted by Crippen LogP contribution is 2.26. The van der Waals surface area contributed by atoms with Crippen molar-refractivity contribution in [3.8, 4) is 0 Å². The van der Waals surface area contributed by atoms with Crippen LogP contribution in [0.4, 0.5) is 0 Å². The summed E-state index contributed by atoms with van der Waals surface area (Å²) in [5.41, 5.74) is 0.668. The second-order valence-electron chi connectivity index (χ2n) is 4.86. The lowest BCUT2D eigenvalue weighted by Gasteiger charge is -1.99. The summed E-state index contributed by atoms with van der Waals surface area (Å²) in [7, 11) is 0. The summed E-state index contributed by atoms with van der Waals surface area (Å²) in [6.45, 7) is 0. The zero-order valence-corrected chi connectivity index (χ0v) is 12.2. The average Bonchev–Trinajstić information content (AvgIpc) is 2.97. The van der Waals surface area contributed by atoms with Crippen LogP contribution in [-0.4, -0.2) is 11.6 Å². The fourth-order valence-corrected chi connectivity index (χ4v) is 3.27. The second-order valence-corrected chi connectivity index (χ2v) is 5.94. The topological polar surface area (TPSA) is 34.1 Å². The Labute approximate surface area is 127 Å². The van der Waals surface area contributed by atoms with Crippen LogP contribution in [-0.2, 0) is 0 Å². The molecule has 0 aliphatic heterocycles. The van der Waals surface area contributed by atoms with Gasteiger partial charge in [-0.2, -0.15) is 0 Å². The van der Waals surface area contributed by atoms with E-state index in [0.29, 0.717) is 5.56 Å². The molecule has 3 rings (SSSR count). The quantitative estimate of drug-likeness (QED) is 0.636. The van der Waals surface area contributed by atoms with E-state index in [2.05, 4.69) is 0 Å². The Hall–Kier alpha value is -2.26. The number of hydrogen-bond acceptors (Lipinski definition) is 3. The lowest BCUT2D eigenvalue weighted by molar-refractivity contribution is 0.0919. The number of Topliss-reactive ketones (excluding diaryl/α,β-unsaturated/α-hetero) is 2. The Kier molecular flexibility index (Phi) is 3.93. The zero-order valence-electron chi connectivity index (χ0n) is 11.4. The van der Waals surface area contributed by atoms with Crippen LogP contribution in [0, 0.1) is 0 Å². The first-order chi connectivity index (χ1) is 10.2. The lowest BCUT2D eigenvalue weighted by Crippen LogP contribution is -2.03. The predicted molar refractivity (Wildman–Crippen MR) is 86.2 cm³/mol. The van der Waals surface area contributed by atoms with Gasteiger partial charge in [-0.15, -0.1) is 11.3 Å². The van der Waals surface area contributed by atoms with Gasteiger partial charge in [0.25, 0.3) is 0 Å². The molecule has 0 fully saturated rings. The molecule has 0 unspecified atom stereocenters. The molecule has 0 spiro atoms. The van der Waals surface area contributed by atoms with Gasteiger partial charge in [0.05, 0.1) is 4.88 Å². The van der Waals surface area contributed by atoms with Crippen molar-refractivity contribution >= 4 is 33.0 Å². The third-order valence-corrected chi connectivity index (χ3v) is 4.53. The summed E-state index contributed by atoms with van der Waals surface area (Å²) in [6.07, 6.45) is 0.525. The van der Waals surface area contributed by atoms with Crippen LogP contribution in [0.3, 0.4) is 0 Å². The third kappa shape index (κ3) is 3.09. The first-order valence-corrected chi connectivity index (χ1v) is 7.66. The summed E-state index contributed by atoms with van der Waals surface area (Å²) >= 11 is 1.49. The molecule has 3 heteroatoms. The molecule has 21 heavy (non-hydrogen) atoms. The largest absolute Gasteiger partial charge is 0.294 e. The van der Waals surface area contributed by atoms with Gasteiger partial charge in [-0.05, 0) is 17.5 Å². The summed E-state index contributed by atoms with van der Waals surface area (Å²) in [5, 5.41) is 1.08. The predicted octanol–water partition coefficient (Wildman–Crippen LogP) is 4.75. The minimum Gasteiger partial charge on any atom is -0.294 e. The van der Waals surface area contributed by atoms with E-state index >= 15 is 0 Å². The van der Waals surface area contributed by atoms with Gasteiger partial charge in [0.1, 0.15) is 0 Å². The number of ketones is 2. The van der Waals surface area contributed by atoms with E-state index in [-0.39, 0.29) is 24.4 Å². The smallest absolute Gasteiger partial charge is 0.173 e. The van der Waals surface area contributed by atoms with Gasteiger partial charge in [-0.25, -0.2) is 0 Å². The number of benzene rings is 2. The Bertz CT molecular complexity index is 754. The molecule has 0 saturated carbocycles. The fraction of sp³-hybridized carbons (Fsp3) is 0.111. The van der Waals surface area contributed by atoms with Gasteiger partial charge >= 0.3 is 0 Å². The van der Waals surface area contributed by atoms with Crippen LogP contribution in [0.15, 0.2) is 60.7 Å². The van der Waals surface area contributed by atoms with Crippen LogP contribution in [0.25, 0.3) is 10.1 Å². The van der Waals surface area contributed by atoms with Gasteiger partial charge in [0.2, 0.25) is 0 Å². The summed E-state index contributed by atoms with van der Waals surface area (Å²) in [6, 6.07) is 19.0. The zero-order chi connectivity index (χ0) is 14.7. The van der Waals surface area contributed by atoms with Gasteiger partial charge in [0.15, 0.2) is 11.6 Å². The van der Waals surface area contributed by atoms with Crippen molar-refractivity contribution in [1.29, 1.82) is 0 Å². The number of hydrogen-bond donors (Lipinski definition) is 0. The molecule has 0 aliphatic carbocycles. The molecular weight excluding hydrogens is 280 g/mol. The fourth-order valence-electron chi connectivity index (χ4n) is 2.24. The lowest BCUT2D eigenvalue weighted by atomic mass is 10.0. The van der Waals surface area contributed by atoms with Gasteiger partial charge in [-0.1, -0.05) is 48.5 Å². The highest BCUT2D eigenvalue weighted by atomic mass is 32.1. The van der Waals surface area contributed by atoms with Crippen LogP contribution in [0.2, 0.25) is 0 Å². The standard InChI is InChI=1S/C18H14O2S/c19-15(13-6-2-1-3-7-13)10-11-16(20)18-12-14-8-4-5-9-17(14)21-18/h1-9,12H,10-11H2. The maximum atomic E-state index is 12.2. The van der Waals surface area contributed by atoms with Gasteiger partial charge in [0, 0.05) is 23.1 Å². The van der Waals surface area contributed by atoms with Crippen molar-refractivity contribution in [2.75, 3.05) is 0 Å². The Morgan fingerprint density at radius 3 is 2.24 bits per heavy atom. The molecule has 104 valence electrons. The highest BCUT2D eigenvalue weighted by molar-refractivity contribution is 7.20. The highest BCUT2D eigenvalue weighted by Gasteiger charge is 2.13. The third-order valence-electron chi connectivity index (χ3n) is 3.38. The summed E-state index contributed by atoms with van der Waals surface area (Å²) in [4.78, 5) is 24.9. The van der Waals surface area contributed by atoms with Crippen molar-refractivity contribution in [2.24, 2.45) is 0 Å². The van der Waals surface area contributed by atoms with Crippen molar-refractivity contribution in [1.82, 2.24) is 0 Å². The molecular formula is C18H14O2S. The van der Waals surface area contributed by atoms with Crippen LogP contribution in [0.1, 0.15) is 32.9 Å². The molecule has 0 atom stereocenters. The van der Waals surface area contributed by atoms with E-state index < -0.39 is 0 Å². The van der Waals surface area contributed by atoms with Crippen molar-refractivity contribution in [3.63, 3.8) is 0 Å². The first kappa shape index (κ1) is 13.7. The van der Waals surface area contributed by atoms with E-state index in [1.807, 2.05) is 48.5 Å². The van der Waals surface area contributed by atoms with E-state index in [4.69, 9.17) is 0 Å². The Morgan fingerprint density at radius 1 is 0.810 bits per heavy atom. The molecule has 2 nitrogen and oxygen atoms in total. The number of carbonyl (C=O) groups is 2. The average molecular weight is 294 g/mol. The van der Waals surface area contributed by atoms with Gasteiger partial charge in [-0.3, -0.25) is 9.59 Å². The van der Waals surface area contributed by atoms with Crippen LogP contribution < -0.4 is 0 Å².